The van der Waals surface area contributed by atoms with Crippen LogP contribution in [0, 0.1) is 0 Å². The Bertz CT molecular complexity index is 806. The summed E-state index contributed by atoms with van der Waals surface area (Å²) in [5.74, 6) is 0.142. The van der Waals surface area contributed by atoms with Gasteiger partial charge in [-0.15, -0.1) is 10.2 Å². The summed E-state index contributed by atoms with van der Waals surface area (Å²) in [6, 6.07) is 8.23. The van der Waals surface area contributed by atoms with Crippen LogP contribution in [0.2, 0.25) is 0 Å². The lowest BCUT2D eigenvalue weighted by atomic mass is 10.0. The highest BCUT2D eigenvalue weighted by Crippen LogP contribution is 2.31. The van der Waals surface area contributed by atoms with E-state index in [1.165, 1.54) is 19.2 Å². The second-order valence-corrected chi connectivity index (χ2v) is 6.55. The molecule has 1 amide bonds. The minimum atomic E-state index is -4.37. The predicted molar refractivity (Wildman–Crippen MR) is 100 cm³/mol. The van der Waals surface area contributed by atoms with Crippen molar-refractivity contribution < 1.29 is 22.7 Å². The normalized spacial score (nSPS) is 16.3. The zero-order valence-corrected chi connectivity index (χ0v) is 15.9. The van der Waals surface area contributed by atoms with Gasteiger partial charge in [-0.3, -0.25) is 9.69 Å². The number of hydrogen-bond donors (Lipinski definition) is 2. The van der Waals surface area contributed by atoms with Crippen LogP contribution in [0.15, 0.2) is 36.4 Å². The van der Waals surface area contributed by atoms with Gasteiger partial charge in [0.25, 0.3) is 5.91 Å². The molecular weight excluding hydrogens is 387 g/mol. The number of ether oxygens (including phenoxy) is 1. The van der Waals surface area contributed by atoms with Crippen molar-refractivity contribution in [2.24, 2.45) is 0 Å². The number of benzene rings is 1. The number of hydrogen-bond acceptors (Lipinski definition) is 6. The molecule has 10 heteroatoms. The lowest BCUT2D eigenvalue weighted by Crippen LogP contribution is -2.41. The first-order valence-electron chi connectivity index (χ1n) is 9.17. The van der Waals surface area contributed by atoms with Gasteiger partial charge in [0, 0.05) is 26.7 Å². The van der Waals surface area contributed by atoms with Crippen molar-refractivity contribution in [3.63, 3.8) is 0 Å². The summed E-state index contributed by atoms with van der Waals surface area (Å²) in [5.41, 5.74) is 0.290. The van der Waals surface area contributed by atoms with E-state index in [1.54, 1.807) is 12.1 Å². The van der Waals surface area contributed by atoms with Crippen molar-refractivity contribution in [2.45, 2.75) is 12.2 Å². The highest BCUT2D eigenvalue weighted by Gasteiger charge is 2.31. The lowest BCUT2D eigenvalue weighted by Gasteiger charge is -2.35. The van der Waals surface area contributed by atoms with Crippen molar-refractivity contribution in [1.29, 1.82) is 0 Å². The number of morpholine rings is 1. The number of halogens is 3. The third kappa shape index (κ3) is 5.42. The first-order chi connectivity index (χ1) is 13.9. The molecule has 0 spiro atoms. The number of nitrogens with one attached hydrogen (secondary N) is 2. The van der Waals surface area contributed by atoms with E-state index >= 15 is 0 Å². The van der Waals surface area contributed by atoms with E-state index in [0.29, 0.717) is 38.7 Å². The van der Waals surface area contributed by atoms with E-state index in [-0.39, 0.29) is 17.6 Å². The third-order valence-corrected chi connectivity index (χ3v) is 4.71. The van der Waals surface area contributed by atoms with Gasteiger partial charge < -0.3 is 15.4 Å². The number of amides is 1. The van der Waals surface area contributed by atoms with Crippen molar-refractivity contribution in [3.05, 3.63) is 53.2 Å². The topological polar surface area (TPSA) is 79.4 Å². The van der Waals surface area contributed by atoms with Gasteiger partial charge in [0.05, 0.1) is 24.8 Å². The molecule has 1 aliphatic rings. The first-order valence-corrected chi connectivity index (χ1v) is 9.17. The zero-order valence-electron chi connectivity index (χ0n) is 15.9. The summed E-state index contributed by atoms with van der Waals surface area (Å²) in [5, 5.41) is 13.5. The SMILES string of the molecule is CNC(=O)c1ccc(NCC(c2ccc(C(F)(F)F)cc2)N2CCOCC2)nn1. The molecule has 2 heterocycles. The molecule has 2 aromatic rings. The Morgan fingerprint density at radius 1 is 1.14 bits per heavy atom. The zero-order chi connectivity index (χ0) is 20.9. The molecule has 1 unspecified atom stereocenters. The van der Waals surface area contributed by atoms with Crippen LogP contribution in [0.25, 0.3) is 0 Å². The number of carbonyl (C=O) groups is 1. The van der Waals surface area contributed by atoms with Gasteiger partial charge in [0.15, 0.2) is 5.69 Å². The number of aromatic nitrogens is 2. The number of carbonyl (C=O) groups excluding carboxylic acids is 1. The van der Waals surface area contributed by atoms with E-state index in [9.17, 15) is 18.0 Å². The maximum Gasteiger partial charge on any atom is 0.416 e. The van der Waals surface area contributed by atoms with Gasteiger partial charge in [-0.25, -0.2) is 0 Å². The van der Waals surface area contributed by atoms with Crippen LogP contribution in [0.5, 0.6) is 0 Å². The maximum absolute atomic E-state index is 12.9. The smallest absolute Gasteiger partial charge is 0.379 e. The van der Waals surface area contributed by atoms with Crippen LogP contribution in [0.1, 0.15) is 27.7 Å². The van der Waals surface area contributed by atoms with E-state index in [0.717, 1.165) is 17.7 Å². The summed E-state index contributed by atoms with van der Waals surface area (Å²) in [6.07, 6.45) is -4.37. The Balaban J connectivity index is 1.74. The second kappa shape index (κ2) is 9.19. The summed E-state index contributed by atoms with van der Waals surface area (Å²) >= 11 is 0. The molecule has 29 heavy (non-hydrogen) atoms. The van der Waals surface area contributed by atoms with Gasteiger partial charge >= 0.3 is 6.18 Å². The van der Waals surface area contributed by atoms with Crippen LogP contribution in [0.4, 0.5) is 19.0 Å². The van der Waals surface area contributed by atoms with Crippen LogP contribution in [-0.2, 0) is 10.9 Å². The minimum absolute atomic E-state index is 0.165. The first kappa shape index (κ1) is 21.0. The van der Waals surface area contributed by atoms with Crippen molar-refractivity contribution in [2.75, 3.05) is 45.2 Å². The Morgan fingerprint density at radius 3 is 2.38 bits per heavy atom. The largest absolute Gasteiger partial charge is 0.416 e. The average Bonchev–Trinajstić information content (AvgIpc) is 2.74. The average molecular weight is 409 g/mol. The number of anilines is 1. The molecule has 2 N–H and O–H groups in total. The molecule has 1 saturated heterocycles. The van der Waals surface area contributed by atoms with E-state index in [1.807, 2.05) is 0 Å². The molecule has 0 bridgehead atoms. The summed E-state index contributed by atoms with van der Waals surface area (Å²) in [7, 11) is 1.51. The van der Waals surface area contributed by atoms with Crippen LogP contribution < -0.4 is 10.6 Å². The van der Waals surface area contributed by atoms with E-state index < -0.39 is 11.7 Å². The molecule has 1 aliphatic heterocycles. The summed E-state index contributed by atoms with van der Waals surface area (Å²) < 4.78 is 44.0. The summed E-state index contributed by atoms with van der Waals surface area (Å²) in [6.45, 7) is 2.90. The number of nitrogens with zero attached hydrogens (tertiary/aromatic N) is 3. The highest BCUT2D eigenvalue weighted by atomic mass is 19.4. The summed E-state index contributed by atoms with van der Waals surface area (Å²) in [4.78, 5) is 13.7. The minimum Gasteiger partial charge on any atom is -0.379 e. The Morgan fingerprint density at radius 2 is 1.83 bits per heavy atom. The van der Waals surface area contributed by atoms with Crippen molar-refractivity contribution in [3.8, 4) is 0 Å². The molecule has 156 valence electrons. The molecule has 7 nitrogen and oxygen atoms in total. The maximum atomic E-state index is 12.9. The molecule has 0 aliphatic carbocycles. The number of rotatable bonds is 6. The fraction of sp³-hybridized carbons (Fsp3) is 0.421. The van der Waals surface area contributed by atoms with E-state index in [4.69, 9.17) is 4.74 Å². The monoisotopic (exact) mass is 409 g/mol. The molecular formula is C19H22F3N5O2. The Kier molecular flexibility index (Phi) is 6.65. The van der Waals surface area contributed by atoms with Crippen LogP contribution in [-0.4, -0.2) is 60.9 Å². The van der Waals surface area contributed by atoms with Gasteiger partial charge in [-0.2, -0.15) is 13.2 Å². The van der Waals surface area contributed by atoms with Gasteiger partial charge in [0.1, 0.15) is 5.82 Å². The molecule has 1 aromatic heterocycles. The fourth-order valence-corrected chi connectivity index (χ4v) is 3.12. The molecule has 0 radical (unpaired) electrons. The second-order valence-electron chi connectivity index (χ2n) is 6.55. The molecule has 0 saturated carbocycles. The number of alkyl halides is 3. The van der Waals surface area contributed by atoms with Crippen molar-refractivity contribution in [1.82, 2.24) is 20.4 Å². The van der Waals surface area contributed by atoms with Gasteiger partial charge in [-0.1, -0.05) is 12.1 Å². The highest BCUT2D eigenvalue weighted by molar-refractivity contribution is 5.91. The lowest BCUT2D eigenvalue weighted by molar-refractivity contribution is -0.137. The molecule has 3 rings (SSSR count). The van der Waals surface area contributed by atoms with Crippen LogP contribution in [0.3, 0.4) is 0 Å². The van der Waals surface area contributed by atoms with Gasteiger partial charge in [0.2, 0.25) is 0 Å². The van der Waals surface area contributed by atoms with Gasteiger partial charge in [-0.05, 0) is 29.8 Å². The van der Waals surface area contributed by atoms with E-state index in [2.05, 4.69) is 25.7 Å². The van der Waals surface area contributed by atoms with Crippen LogP contribution >= 0.6 is 0 Å². The fourth-order valence-electron chi connectivity index (χ4n) is 3.12. The predicted octanol–water partition coefficient (Wildman–Crippen LogP) is 2.34. The van der Waals surface area contributed by atoms with Crippen molar-refractivity contribution >= 4 is 11.7 Å². The molecule has 1 atom stereocenters. The molecule has 1 fully saturated rings. The molecule has 1 aromatic carbocycles. The standard InChI is InChI=1S/C19H22F3N5O2/c1-23-18(28)15-6-7-17(26-25-15)24-12-16(27-8-10-29-11-9-27)13-2-4-14(5-3-13)19(20,21)22/h2-7,16H,8-12H2,1H3,(H,23,28)(H,24,26). The Hall–Kier alpha value is -2.72. The quantitative estimate of drug-likeness (QED) is 0.763. The third-order valence-electron chi connectivity index (χ3n) is 4.71. The Labute approximate surface area is 166 Å².